The fourth-order valence-electron chi connectivity index (χ4n) is 1.30. The topological polar surface area (TPSA) is 72.0 Å². The summed E-state index contributed by atoms with van der Waals surface area (Å²) in [4.78, 5) is 7.45. The van der Waals surface area contributed by atoms with Crippen molar-refractivity contribution in [3.05, 3.63) is 30.7 Å². The van der Waals surface area contributed by atoms with Crippen molar-refractivity contribution in [1.29, 1.82) is 0 Å². The monoisotopic (exact) mass is 277 g/mol. The van der Waals surface area contributed by atoms with Crippen molar-refractivity contribution in [2.75, 3.05) is 4.72 Å². The van der Waals surface area contributed by atoms with E-state index in [1.54, 1.807) is 0 Å². The van der Waals surface area contributed by atoms with Gasteiger partial charge >= 0.3 is 15.5 Å². The molecule has 1 N–H and O–H groups in total. The zero-order valence-corrected chi connectivity index (χ0v) is 9.46. The molecule has 9 heteroatoms. The molecule has 0 saturated carbocycles. The van der Waals surface area contributed by atoms with Crippen LogP contribution in [0.25, 0.3) is 10.9 Å². The number of alkyl halides is 3. The Balaban J connectivity index is 2.51. The number of benzene rings is 1. The molecule has 2 aromatic rings. The number of sulfonamides is 1. The first-order chi connectivity index (χ1) is 8.31. The zero-order valence-electron chi connectivity index (χ0n) is 8.64. The van der Waals surface area contributed by atoms with Crippen molar-refractivity contribution < 1.29 is 21.6 Å². The van der Waals surface area contributed by atoms with E-state index in [4.69, 9.17) is 0 Å². The molecule has 2 rings (SSSR count). The number of rotatable bonds is 2. The molecule has 1 heterocycles. The minimum Gasteiger partial charge on any atom is -0.275 e. The Morgan fingerprint density at radius 1 is 1.22 bits per heavy atom. The van der Waals surface area contributed by atoms with Gasteiger partial charge in [-0.05, 0) is 12.1 Å². The molecule has 0 saturated heterocycles. The van der Waals surface area contributed by atoms with E-state index >= 15 is 0 Å². The molecule has 0 atom stereocenters. The van der Waals surface area contributed by atoms with Crippen molar-refractivity contribution in [2.45, 2.75) is 5.51 Å². The van der Waals surface area contributed by atoms with Gasteiger partial charge in [-0.25, -0.2) is 9.97 Å². The molecule has 96 valence electrons. The first kappa shape index (κ1) is 12.6. The number of halogens is 3. The van der Waals surface area contributed by atoms with E-state index in [1.165, 1.54) is 35.4 Å². The second-order valence-corrected chi connectivity index (χ2v) is 4.99. The van der Waals surface area contributed by atoms with Crippen LogP contribution in [0.3, 0.4) is 0 Å². The fourth-order valence-corrected chi connectivity index (χ4v) is 1.88. The largest absolute Gasteiger partial charge is 0.516 e. The van der Waals surface area contributed by atoms with Crippen LogP contribution in [0.2, 0.25) is 0 Å². The molecule has 0 radical (unpaired) electrons. The third-order valence-electron chi connectivity index (χ3n) is 2.10. The molecular formula is C9H6F3N3O2S. The number of nitrogens with one attached hydrogen (secondary N) is 1. The van der Waals surface area contributed by atoms with Gasteiger partial charge < -0.3 is 0 Å². The van der Waals surface area contributed by atoms with Gasteiger partial charge in [0.05, 0.1) is 11.2 Å². The fraction of sp³-hybridized carbons (Fsp3) is 0.111. The standard InChI is InChI=1S/C9H6F3N3O2S/c10-9(11,12)18(16,17)15-8-3-1-2-7-6(8)4-13-5-14-7/h1-5,15H. The molecule has 0 aliphatic carbocycles. The van der Waals surface area contributed by atoms with Crippen molar-refractivity contribution in [3.8, 4) is 0 Å². The summed E-state index contributed by atoms with van der Waals surface area (Å²) in [6.07, 6.45) is 2.45. The maximum atomic E-state index is 12.2. The minimum absolute atomic E-state index is 0.188. The molecule has 1 aromatic heterocycles. The summed E-state index contributed by atoms with van der Waals surface area (Å²) in [7, 11) is -5.45. The Bertz CT molecular complexity index is 680. The van der Waals surface area contributed by atoms with E-state index in [2.05, 4.69) is 9.97 Å². The van der Waals surface area contributed by atoms with E-state index in [1.807, 2.05) is 0 Å². The van der Waals surface area contributed by atoms with Crippen molar-refractivity contribution in [3.63, 3.8) is 0 Å². The van der Waals surface area contributed by atoms with Crippen LogP contribution in [0.15, 0.2) is 30.7 Å². The van der Waals surface area contributed by atoms with Gasteiger partial charge in [0, 0.05) is 11.6 Å². The highest BCUT2D eigenvalue weighted by Crippen LogP contribution is 2.28. The molecule has 18 heavy (non-hydrogen) atoms. The molecule has 0 amide bonds. The van der Waals surface area contributed by atoms with Crippen LogP contribution in [-0.2, 0) is 10.0 Å². The second-order valence-electron chi connectivity index (χ2n) is 3.31. The van der Waals surface area contributed by atoms with Gasteiger partial charge in [0.15, 0.2) is 0 Å². The van der Waals surface area contributed by atoms with Crippen LogP contribution in [0.1, 0.15) is 0 Å². The SMILES string of the molecule is O=S(=O)(Nc1cccc2ncncc12)C(F)(F)F. The highest BCUT2D eigenvalue weighted by molar-refractivity contribution is 7.93. The van der Waals surface area contributed by atoms with Crippen LogP contribution >= 0.6 is 0 Å². The Kier molecular flexibility index (Phi) is 2.85. The van der Waals surface area contributed by atoms with Crippen LogP contribution in [0, 0.1) is 0 Å². The van der Waals surface area contributed by atoms with Gasteiger partial charge in [-0.3, -0.25) is 4.72 Å². The highest BCUT2D eigenvalue weighted by Gasteiger charge is 2.46. The first-order valence-corrected chi connectivity index (χ1v) is 6.07. The summed E-state index contributed by atoms with van der Waals surface area (Å²) in [6.45, 7) is 0. The summed E-state index contributed by atoms with van der Waals surface area (Å²) < 4.78 is 60.2. The van der Waals surface area contributed by atoms with Crippen LogP contribution < -0.4 is 4.72 Å². The third-order valence-corrected chi connectivity index (χ3v) is 3.20. The molecule has 0 fully saturated rings. The van der Waals surface area contributed by atoms with E-state index in [0.29, 0.717) is 5.52 Å². The smallest absolute Gasteiger partial charge is 0.275 e. The van der Waals surface area contributed by atoms with E-state index in [9.17, 15) is 21.6 Å². The van der Waals surface area contributed by atoms with Crippen molar-refractivity contribution in [2.24, 2.45) is 0 Å². The zero-order chi connectivity index (χ0) is 13.4. The molecular weight excluding hydrogens is 271 g/mol. The number of hydrogen-bond acceptors (Lipinski definition) is 4. The van der Waals surface area contributed by atoms with Crippen LogP contribution in [0.4, 0.5) is 18.9 Å². The number of hydrogen-bond donors (Lipinski definition) is 1. The van der Waals surface area contributed by atoms with Gasteiger partial charge in [0.25, 0.3) is 0 Å². The summed E-state index contributed by atoms with van der Waals surface area (Å²) in [6, 6.07) is 4.13. The van der Waals surface area contributed by atoms with Gasteiger partial charge in [0.2, 0.25) is 0 Å². The van der Waals surface area contributed by atoms with Crippen LogP contribution in [-0.4, -0.2) is 23.9 Å². The lowest BCUT2D eigenvalue weighted by atomic mass is 10.2. The van der Waals surface area contributed by atoms with Gasteiger partial charge in [-0.2, -0.15) is 21.6 Å². The molecule has 0 unspecified atom stereocenters. The van der Waals surface area contributed by atoms with Gasteiger partial charge in [0.1, 0.15) is 6.33 Å². The molecule has 0 spiro atoms. The summed E-state index contributed by atoms with van der Waals surface area (Å²) >= 11 is 0. The van der Waals surface area contributed by atoms with Crippen LogP contribution in [0.5, 0.6) is 0 Å². The Morgan fingerprint density at radius 3 is 2.61 bits per heavy atom. The normalized spacial score (nSPS) is 12.6. The minimum atomic E-state index is -5.45. The number of anilines is 1. The van der Waals surface area contributed by atoms with E-state index < -0.39 is 15.5 Å². The lowest BCUT2D eigenvalue weighted by Gasteiger charge is -2.11. The Labute approximate surface area is 99.7 Å². The van der Waals surface area contributed by atoms with E-state index in [0.717, 1.165) is 0 Å². The molecule has 0 bridgehead atoms. The average molecular weight is 277 g/mol. The number of fused-ring (bicyclic) bond motifs is 1. The van der Waals surface area contributed by atoms with E-state index in [-0.39, 0.29) is 11.1 Å². The maximum Gasteiger partial charge on any atom is 0.516 e. The second kappa shape index (κ2) is 4.09. The van der Waals surface area contributed by atoms with Crippen molar-refractivity contribution >= 4 is 26.6 Å². The molecule has 0 aliphatic rings. The third kappa shape index (κ3) is 2.21. The van der Waals surface area contributed by atoms with Gasteiger partial charge in [-0.1, -0.05) is 6.07 Å². The lowest BCUT2D eigenvalue weighted by Crippen LogP contribution is -2.30. The summed E-state index contributed by atoms with van der Waals surface area (Å²) in [5, 5.41) is 0.188. The Morgan fingerprint density at radius 2 is 1.94 bits per heavy atom. The van der Waals surface area contributed by atoms with Gasteiger partial charge in [-0.15, -0.1) is 0 Å². The van der Waals surface area contributed by atoms with Crippen molar-refractivity contribution in [1.82, 2.24) is 9.97 Å². The predicted molar refractivity (Wildman–Crippen MR) is 58.1 cm³/mol. The average Bonchev–Trinajstić information content (AvgIpc) is 2.27. The first-order valence-electron chi connectivity index (χ1n) is 4.59. The summed E-state index contributed by atoms with van der Waals surface area (Å²) in [5.41, 5.74) is -5.25. The number of nitrogens with zero attached hydrogens (tertiary/aromatic N) is 2. The Hall–Kier alpha value is -1.90. The maximum absolute atomic E-state index is 12.2. The quantitative estimate of drug-likeness (QED) is 0.909. The lowest BCUT2D eigenvalue weighted by molar-refractivity contribution is -0.0429. The predicted octanol–water partition coefficient (Wildman–Crippen LogP) is 1.89. The summed E-state index contributed by atoms with van der Waals surface area (Å²) in [5.74, 6) is 0. The molecule has 5 nitrogen and oxygen atoms in total. The molecule has 1 aromatic carbocycles. The highest BCUT2D eigenvalue weighted by atomic mass is 32.2. The molecule has 0 aliphatic heterocycles. The number of aromatic nitrogens is 2.